The summed E-state index contributed by atoms with van der Waals surface area (Å²) < 4.78 is 17.8. The molecule has 5 rings (SSSR count). The Kier molecular flexibility index (Phi) is 7.96. The molecule has 2 N–H and O–H groups in total. The molecule has 8 heteroatoms. The summed E-state index contributed by atoms with van der Waals surface area (Å²) in [5.41, 5.74) is 6.73. The molecule has 0 unspecified atom stereocenters. The molecule has 0 saturated heterocycles. The van der Waals surface area contributed by atoms with Gasteiger partial charge in [-0.1, -0.05) is 43.7 Å². The van der Waals surface area contributed by atoms with Crippen molar-refractivity contribution in [2.75, 3.05) is 6.54 Å². The van der Waals surface area contributed by atoms with Crippen LogP contribution in [0.15, 0.2) is 58.0 Å². The van der Waals surface area contributed by atoms with Crippen LogP contribution in [0, 0.1) is 0 Å². The number of rotatable bonds is 7. The lowest BCUT2D eigenvalue weighted by molar-refractivity contribution is -0.121. The minimum absolute atomic E-state index is 0.0372. The molecule has 0 bridgehead atoms. The van der Waals surface area contributed by atoms with Crippen molar-refractivity contribution in [3.8, 4) is 5.75 Å². The van der Waals surface area contributed by atoms with Crippen LogP contribution in [0.5, 0.6) is 5.75 Å². The Morgan fingerprint density at radius 2 is 1.87 bits per heavy atom. The van der Waals surface area contributed by atoms with Crippen LogP contribution in [-0.4, -0.2) is 24.1 Å². The first-order valence-corrected chi connectivity index (χ1v) is 13.6. The standard InChI is InChI=1S/C30H35N3O5/c1-2-22-18-28(33-32-27(34)12-16-31-29(35)36-20-21-9-5-3-6-10-21)37-26-19-25-23(17-24(22)26)11-15-30(38-25)13-7-4-8-14-30/h3,5-6,9-10,17-19H,2,4,7-8,11-16,20H2,1H3,(H,31,35)(H,32,34). The largest absolute Gasteiger partial charge is 0.487 e. The lowest BCUT2D eigenvalue weighted by Crippen LogP contribution is -2.41. The molecule has 1 aliphatic heterocycles. The number of carbonyl (C=O) groups is 2. The SMILES string of the molecule is CCc1cc(=NNC(=O)CCNC(=O)OCc2ccccc2)oc2cc3c(cc12)CCC1(CCCCC1)O3. The van der Waals surface area contributed by atoms with E-state index < -0.39 is 6.09 Å². The number of amides is 2. The van der Waals surface area contributed by atoms with Gasteiger partial charge in [-0.3, -0.25) is 4.79 Å². The van der Waals surface area contributed by atoms with Crippen molar-refractivity contribution in [3.05, 3.63) is 70.8 Å². The van der Waals surface area contributed by atoms with Crippen molar-refractivity contribution in [2.45, 2.75) is 76.9 Å². The monoisotopic (exact) mass is 517 g/mol. The number of aryl methyl sites for hydroxylation is 2. The minimum Gasteiger partial charge on any atom is -0.487 e. The Morgan fingerprint density at radius 1 is 1.05 bits per heavy atom. The molecule has 1 saturated carbocycles. The summed E-state index contributed by atoms with van der Waals surface area (Å²) >= 11 is 0. The second-order valence-corrected chi connectivity index (χ2v) is 10.2. The summed E-state index contributed by atoms with van der Waals surface area (Å²) in [6, 6.07) is 15.4. The molecule has 1 aromatic heterocycles. The highest BCUT2D eigenvalue weighted by Gasteiger charge is 2.37. The Balaban J connectivity index is 1.20. The number of carbonyl (C=O) groups excluding carboxylic acids is 2. The molecular weight excluding hydrogens is 482 g/mol. The van der Waals surface area contributed by atoms with E-state index >= 15 is 0 Å². The number of nitrogens with zero attached hydrogens (tertiary/aromatic N) is 1. The summed E-state index contributed by atoms with van der Waals surface area (Å²) in [7, 11) is 0. The van der Waals surface area contributed by atoms with Crippen LogP contribution in [0.1, 0.15) is 68.6 Å². The lowest BCUT2D eigenvalue weighted by atomic mass is 9.79. The van der Waals surface area contributed by atoms with Gasteiger partial charge in [0.25, 0.3) is 0 Å². The van der Waals surface area contributed by atoms with Gasteiger partial charge in [-0.2, -0.15) is 0 Å². The first kappa shape index (κ1) is 25.8. The predicted octanol–water partition coefficient (Wildman–Crippen LogP) is 5.27. The van der Waals surface area contributed by atoms with Gasteiger partial charge in [-0.15, -0.1) is 5.10 Å². The summed E-state index contributed by atoms with van der Waals surface area (Å²) in [6.45, 7) is 2.40. The maximum atomic E-state index is 12.3. The van der Waals surface area contributed by atoms with Gasteiger partial charge in [0.15, 0.2) is 0 Å². The fourth-order valence-electron chi connectivity index (χ4n) is 5.37. The molecular formula is C30H35N3O5. The lowest BCUT2D eigenvalue weighted by Gasteiger charge is -2.41. The highest BCUT2D eigenvalue weighted by Crippen LogP contribution is 2.43. The minimum atomic E-state index is -0.573. The van der Waals surface area contributed by atoms with E-state index in [9.17, 15) is 9.59 Å². The molecule has 2 heterocycles. The van der Waals surface area contributed by atoms with Gasteiger partial charge in [0.1, 0.15) is 23.5 Å². The van der Waals surface area contributed by atoms with E-state index in [-0.39, 0.29) is 31.1 Å². The molecule has 2 aromatic carbocycles. The van der Waals surface area contributed by atoms with Crippen molar-refractivity contribution in [2.24, 2.45) is 5.10 Å². The topological polar surface area (TPSA) is 102 Å². The van der Waals surface area contributed by atoms with Crippen LogP contribution in [-0.2, 0) is 29.0 Å². The second kappa shape index (κ2) is 11.7. The fraction of sp³-hybridized carbons (Fsp3) is 0.433. The van der Waals surface area contributed by atoms with Crippen molar-refractivity contribution < 1.29 is 23.5 Å². The number of alkyl carbamates (subject to hydrolysis) is 1. The van der Waals surface area contributed by atoms with Crippen LogP contribution in [0.3, 0.4) is 0 Å². The van der Waals surface area contributed by atoms with Gasteiger partial charge in [0.2, 0.25) is 11.5 Å². The Bertz CT molecular complexity index is 1360. The molecule has 2 aliphatic rings. The second-order valence-electron chi connectivity index (χ2n) is 10.2. The summed E-state index contributed by atoms with van der Waals surface area (Å²) in [4.78, 5) is 24.2. The third-order valence-corrected chi connectivity index (χ3v) is 7.47. The third kappa shape index (κ3) is 6.18. The summed E-state index contributed by atoms with van der Waals surface area (Å²) in [6.07, 6.45) is 8.34. The van der Waals surface area contributed by atoms with E-state index in [4.69, 9.17) is 13.9 Å². The van der Waals surface area contributed by atoms with Crippen LogP contribution >= 0.6 is 0 Å². The third-order valence-electron chi connectivity index (χ3n) is 7.47. The molecule has 1 spiro atoms. The molecule has 0 atom stereocenters. The molecule has 8 nitrogen and oxygen atoms in total. The Hall–Kier alpha value is -3.81. The van der Waals surface area contributed by atoms with Gasteiger partial charge in [-0.05, 0) is 67.7 Å². The van der Waals surface area contributed by atoms with Gasteiger partial charge in [0.05, 0.1) is 0 Å². The van der Waals surface area contributed by atoms with Crippen molar-refractivity contribution in [1.29, 1.82) is 0 Å². The first-order valence-electron chi connectivity index (χ1n) is 13.6. The molecule has 200 valence electrons. The van der Waals surface area contributed by atoms with E-state index in [1.807, 2.05) is 42.5 Å². The van der Waals surface area contributed by atoms with Crippen molar-refractivity contribution in [1.82, 2.24) is 10.7 Å². The van der Waals surface area contributed by atoms with E-state index in [2.05, 4.69) is 28.8 Å². The molecule has 1 fully saturated rings. The quantitative estimate of drug-likeness (QED) is 0.416. The summed E-state index contributed by atoms with van der Waals surface area (Å²) in [5, 5.41) is 7.81. The van der Waals surface area contributed by atoms with Crippen molar-refractivity contribution >= 4 is 23.0 Å². The van der Waals surface area contributed by atoms with E-state index in [1.54, 1.807) is 0 Å². The van der Waals surface area contributed by atoms with Crippen LogP contribution < -0.4 is 21.0 Å². The van der Waals surface area contributed by atoms with Gasteiger partial charge >= 0.3 is 6.09 Å². The van der Waals surface area contributed by atoms with Gasteiger partial charge in [0, 0.05) is 30.5 Å². The molecule has 38 heavy (non-hydrogen) atoms. The van der Waals surface area contributed by atoms with Gasteiger partial charge in [-0.25, -0.2) is 10.2 Å². The van der Waals surface area contributed by atoms with E-state index in [0.717, 1.165) is 54.4 Å². The molecule has 1 aliphatic carbocycles. The Labute approximate surface area is 222 Å². The first-order chi connectivity index (χ1) is 18.5. The van der Waals surface area contributed by atoms with Crippen LogP contribution in [0.2, 0.25) is 0 Å². The fourth-order valence-corrected chi connectivity index (χ4v) is 5.37. The summed E-state index contributed by atoms with van der Waals surface area (Å²) in [5.74, 6) is 0.567. The average Bonchev–Trinajstić information content (AvgIpc) is 2.94. The van der Waals surface area contributed by atoms with Crippen LogP contribution in [0.25, 0.3) is 11.0 Å². The average molecular weight is 518 g/mol. The Morgan fingerprint density at radius 3 is 2.66 bits per heavy atom. The number of hydrogen-bond donors (Lipinski definition) is 2. The zero-order chi connectivity index (χ0) is 26.4. The van der Waals surface area contributed by atoms with Crippen LogP contribution in [0.4, 0.5) is 4.79 Å². The van der Waals surface area contributed by atoms with E-state index in [1.165, 1.54) is 24.8 Å². The number of nitrogens with one attached hydrogen (secondary N) is 2. The zero-order valence-corrected chi connectivity index (χ0v) is 21.9. The number of hydrogen-bond acceptors (Lipinski definition) is 6. The number of fused-ring (bicyclic) bond motifs is 2. The van der Waals surface area contributed by atoms with Gasteiger partial charge < -0.3 is 19.2 Å². The number of ether oxygens (including phenoxy) is 2. The normalized spacial score (nSPS) is 16.5. The highest BCUT2D eigenvalue weighted by atomic mass is 16.5. The molecule has 0 radical (unpaired) electrons. The van der Waals surface area contributed by atoms with Crippen molar-refractivity contribution in [3.63, 3.8) is 0 Å². The number of benzene rings is 2. The molecule has 2 amide bonds. The zero-order valence-electron chi connectivity index (χ0n) is 21.9. The molecule has 3 aromatic rings. The van der Waals surface area contributed by atoms with E-state index in [0.29, 0.717) is 11.1 Å². The maximum absolute atomic E-state index is 12.3. The maximum Gasteiger partial charge on any atom is 0.407 e. The predicted molar refractivity (Wildman–Crippen MR) is 143 cm³/mol. The smallest absolute Gasteiger partial charge is 0.407 e. The highest BCUT2D eigenvalue weighted by molar-refractivity contribution is 5.83.